The molecule has 74 valence electrons. The van der Waals surface area contributed by atoms with E-state index in [0.29, 0.717) is 5.76 Å². The molecule has 1 unspecified atom stereocenters. The zero-order valence-electron chi connectivity index (χ0n) is 8.02. The van der Waals surface area contributed by atoms with Gasteiger partial charge in [-0.2, -0.15) is 0 Å². The molecule has 2 heterocycles. The molecule has 0 aliphatic carbocycles. The normalized spacial score (nSPS) is 13.1. The summed E-state index contributed by atoms with van der Waals surface area (Å²) in [5.74, 6) is 0.684. The van der Waals surface area contributed by atoms with Crippen LogP contribution < -0.4 is 0 Å². The van der Waals surface area contributed by atoms with Gasteiger partial charge in [0.2, 0.25) is 0 Å². The van der Waals surface area contributed by atoms with Crippen LogP contribution in [0.25, 0.3) is 0 Å². The molecule has 2 rings (SSSR count). The SMILES string of the molecule is Cc1noc(C)c1C(O)c1cccs1. The molecule has 0 aliphatic rings. The third kappa shape index (κ3) is 1.47. The molecule has 14 heavy (non-hydrogen) atoms. The number of thiophene rings is 1. The van der Waals surface area contributed by atoms with Crippen molar-refractivity contribution in [2.24, 2.45) is 0 Å². The Labute approximate surface area is 86.0 Å². The Morgan fingerprint density at radius 2 is 2.29 bits per heavy atom. The van der Waals surface area contributed by atoms with Gasteiger partial charge in [0, 0.05) is 4.88 Å². The lowest BCUT2D eigenvalue weighted by Gasteiger charge is -2.06. The fraction of sp³-hybridized carbons (Fsp3) is 0.300. The smallest absolute Gasteiger partial charge is 0.140 e. The molecule has 0 spiro atoms. The molecule has 1 N–H and O–H groups in total. The average Bonchev–Trinajstić information content (AvgIpc) is 2.75. The monoisotopic (exact) mass is 209 g/mol. The van der Waals surface area contributed by atoms with Crippen molar-refractivity contribution in [3.63, 3.8) is 0 Å². The fourth-order valence-electron chi connectivity index (χ4n) is 1.47. The predicted molar refractivity (Wildman–Crippen MR) is 54.4 cm³/mol. The van der Waals surface area contributed by atoms with Gasteiger partial charge in [0.15, 0.2) is 0 Å². The summed E-state index contributed by atoms with van der Waals surface area (Å²) < 4.78 is 5.01. The van der Waals surface area contributed by atoms with Crippen LogP contribution in [-0.2, 0) is 0 Å². The average molecular weight is 209 g/mol. The highest BCUT2D eigenvalue weighted by atomic mass is 32.1. The fourth-order valence-corrected chi connectivity index (χ4v) is 2.19. The number of aromatic nitrogens is 1. The van der Waals surface area contributed by atoms with Crippen molar-refractivity contribution in [1.82, 2.24) is 5.16 Å². The minimum atomic E-state index is -0.610. The van der Waals surface area contributed by atoms with Gasteiger partial charge >= 0.3 is 0 Å². The van der Waals surface area contributed by atoms with Gasteiger partial charge in [-0.15, -0.1) is 11.3 Å². The van der Waals surface area contributed by atoms with Crippen molar-refractivity contribution in [3.8, 4) is 0 Å². The number of aliphatic hydroxyl groups is 1. The van der Waals surface area contributed by atoms with E-state index >= 15 is 0 Å². The van der Waals surface area contributed by atoms with Crippen LogP contribution in [0.1, 0.15) is 28.0 Å². The highest BCUT2D eigenvalue weighted by Crippen LogP contribution is 2.29. The maximum absolute atomic E-state index is 10.0. The summed E-state index contributed by atoms with van der Waals surface area (Å²) in [6, 6.07) is 3.82. The van der Waals surface area contributed by atoms with E-state index in [0.717, 1.165) is 16.1 Å². The topological polar surface area (TPSA) is 46.3 Å². The van der Waals surface area contributed by atoms with E-state index in [9.17, 15) is 5.11 Å². The Morgan fingerprint density at radius 1 is 1.50 bits per heavy atom. The second kappa shape index (κ2) is 3.55. The lowest BCUT2D eigenvalue weighted by Crippen LogP contribution is -1.99. The zero-order valence-corrected chi connectivity index (χ0v) is 8.84. The standard InChI is InChI=1S/C10H11NO2S/c1-6-9(7(2)13-11-6)10(12)8-4-3-5-14-8/h3-5,10,12H,1-2H3. The van der Waals surface area contributed by atoms with Gasteiger partial charge in [-0.25, -0.2) is 0 Å². The molecule has 0 aliphatic heterocycles. The molecule has 2 aromatic heterocycles. The zero-order chi connectivity index (χ0) is 10.1. The van der Waals surface area contributed by atoms with Crippen LogP contribution in [0.3, 0.4) is 0 Å². The van der Waals surface area contributed by atoms with Crippen molar-refractivity contribution >= 4 is 11.3 Å². The number of aryl methyl sites for hydroxylation is 2. The van der Waals surface area contributed by atoms with Crippen LogP contribution in [0.4, 0.5) is 0 Å². The van der Waals surface area contributed by atoms with Gasteiger partial charge in [-0.1, -0.05) is 11.2 Å². The molecule has 3 nitrogen and oxygen atoms in total. The van der Waals surface area contributed by atoms with Crippen molar-refractivity contribution in [2.45, 2.75) is 20.0 Å². The summed E-state index contributed by atoms with van der Waals surface area (Å²) in [7, 11) is 0. The first-order chi connectivity index (χ1) is 6.70. The minimum Gasteiger partial charge on any atom is -0.383 e. The molecule has 0 fully saturated rings. The number of nitrogens with zero attached hydrogens (tertiary/aromatic N) is 1. The first-order valence-corrected chi connectivity index (χ1v) is 5.22. The highest BCUT2D eigenvalue weighted by Gasteiger charge is 2.20. The van der Waals surface area contributed by atoms with Crippen LogP contribution in [0, 0.1) is 13.8 Å². The van der Waals surface area contributed by atoms with Crippen molar-refractivity contribution in [2.75, 3.05) is 0 Å². The lowest BCUT2D eigenvalue weighted by atomic mass is 10.1. The molecular weight excluding hydrogens is 198 g/mol. The Bertz CT molecular complexity index is 400. The van der Waals surface area contributed by atoms with E-state index in [2.05, 4.69) is 5.16 Å². The number of aliphatic hydroxyl groups excluding tert-OH is 1. The van der Waals surface area contributed by atoms with Gasteiger partial charge in [0.1, 0.15) is 11.9 Å². The van der Waals surface area contributed by atoms with Crippen molar-refractivity contribution in [1.29, 1.82) is 0 Å². The quantitative estimate of drug-likeness (QED) is 0.826. The second-order valence-corrected chi connectivity index (χ2v) is 4.14. The second-order valence-electron chi connectivity index (χ2n) is 3.16. The van der Waals surface area contributed by atoms with Gasteiger partial charge in [0.25, 0.3) is 0 Å². The van der Waals surface area contributed by atoms with Gasteiger partial charge < -0.3 is 9.63 Å². The van der Waals surface area contributed by atoms with E-state index < -0.39 is 6.10 Å². The molecule has 0 aromatic carbocycles. The van der Waals surface area contributed by atoms with Gasteiger partial charge in [-0.05, 0) is 25.3 Å². The summed E-state index contributed by atoms with van der Waals surface area (Å²) in [5.41, 5.74) is 1.54. The summed E-state index contributed by atoms with van der Waals surface area (Å²) in [4.78, 5) is 0.916. The van der Waals surface area contributed by atoms with Crippen LogP contribution in [0.2, 0.25) is 0 Å². The third-order valence-corrected chi connectivity index (χ3v) is 3.10. The molecule has 2 aromatic rings. The van der Waals surface area contributed by atoms with Crippen molar-refractivity contribution in [3.05, 3.63) is 39.4 Å². The minimum absolute atomic E-state index is 0.610. The van der Waals surface area contributed by atoms with Crippen molar-refractivity contribution < 1.29 is 9.63 Å². The molecule has 0 amide bonds. The number of rotatable bonds is 2. The van der Waals surface area contributed by atoms with E-state index in [1.54, 1.807) is 0 Å². The number of hydrogen-bond donors (Lipinski definition) is 1. The molecular formula is C10H11NO2S. The van der Waals surface area contributed by atoms with Gasteiger partial charge in [-0.3, -0.25) is 0 Å². The Balaban J connectivity index is 2.41. The Kier molecular flexibility index (Phi) is 2.39. The maximum atomic E-state index is 10.0. The first-order valence-electron chi connectivity index (χ1n) is 4.34. The van der Waals surface area contributed by atoms with Crippen LogP contribution in [0.15, 0.2) is 22.0 Å². The third-order valence-electron chi connectivity index (χ3n) is 2.17. The molecule has 0 saturated heterocycles. The van der Waals surface area contributed by atoms with Crippen LogP contribution in [-0.4, -0.2) is 10.3 Å². The summed E-state index contributed by atoms with van der Waals surface area (Å²) >= 11 is 1.53. The lowest BCUT2D eigenvalue weighted by molar-refractivity contribution is 0.221. The molecule has 0 bridgehead atoms. The molecule has 4 heteroatoms. The van der Waals surface area contributed by atoms with Crippen LogP contribution >= 0.6 is 11.3 Å². The molecule has 1 atom stereocenters. The summed E-state index contributed by atoms with van der Waals surface area (Å²) in [6.45, 7) is 3.65. The van der Waals surface area contributed by atoms with Gasteiger partial charge in [0.05, 0.1) is 11.3 Å². The Hall–Kier alpha value is -1.13. The molecule has 0 radical (unpaired) electrons. The summed E-state index contributed by atoms with van der Waals surface area (Å²) in [5, 5.41) is 15.8. The predicted octanol–water partition coefficient (Wildman–Crippen LogP) is 2.43. The molecule has 0 saturated carbocycles. The van der Waals surface area contributed by atoms with E-state index in [1.165, 1.54) is 11.3 Å². The highest BCUT2D eigenvalue weighted by molar-refractivity contribution is 7.10. The Morgan fingerprint density at radius 3 is 2.79 bits per heavy atom. The summed E-state index contributed by atoms with van der Waals surface area (Å²) in [6.07, 6.45) is -0.610. The van der Waals surface area contributed by atoms with E-state index in [-0.39, 0.29) is 0 Å². The van der Waals surface area contributed by atoms with E-state index in [4.69, 9.17) is 4.52 Å². The maximum Gasteiger partial charge on any atom is 0.140 e. The first kappa shape index (κ1) is 9.43. The largest absolute Gasteiger partial charge is 0.383 e. The number of hydrogen-bond acceptors (Lipinski definition) is 4. The van der Waals surface area contributed by atoms with Crippen LogP contribution in [0.5, 0.6) is 0 Å². The van der Waals surface area contributed by atoms with E-state index in [1.807, 2.05) is 31.4 Å².